The lowest BCUT2D eigenvalue weighted by molar-refractivity contribution is 0.158. The third-order valence-electron chi connectivity index (χ3n) is 4.63. The van der Waals surface area contributed by atoms with Crippen LogP contribution in [0, 0.1) is 0 Å². The van der Waals surface area contributed by atoms with Crippen LogP contribution in [0.15, 0.2) is 29.2 Å². The molecule has 2 atom stereocenters. The molecule has 0 bridgehead atoms. The van der Waals surface area contributed by atoms with Crippen LogP contribution in [0.25, 0.3) is 0 Å². The summed E-state index contributed by atoms with van der Waals surface area (Å²) in [5, 5.41) is 3.66. The Hall–Kier alpha value is -0.510. The largest absolute Gasteiger partial charge is 0.310 e. The van der Waals surface area contributed by atoms with Crippen molar-refractivity contribution in [3.8, 4) is 0 Å². The van der Waals surface area contributed by atoms with E-state index >= 15 is 0 Å². The average molecular weight is 307 g/mol. The Labute approximate surface area is 134 Å². The van der Waals surface area contributed by atoms with Crippen molar-refractivity contribution in [1.29, 1.82) is 0 Å². The van der Waals surface area contributed by atoms with E-state index in [1.165, 1.54) is 49.2 Å². The summed E-state index contributed by atoms with van der Waals surface area (Å²) in [7, 11) is 0. The van der Waals surface area contributed by atoms with Gasteiger partial charge in [0.25, 0.3) is 0 Å². The lowest BCUT2D eigenvalue weighted by Gasteiger charge is -2.33. The maximum absolute atomic E-state index is 3.66. The molecular formula is C18H30N2S. The summed E-state index contributed by atoms with van der Waals surface area (Å²) in [6.45, 7) is 8.29. The summed E-state index contributed by atoms with van der Waals surface area (Å²) in [6.07, 6.45) is 7.55. The van der Waals surface area contributed by atoms with Crippen LogP contribution in [0.2, 0.25) is 0 Å². The minimum absolute atomic E-state index is 0.444. The number of hydrogen-bond acceptors (Lipinski definition) is 3. The Balaban J connectivity index is 1.67. The summed E-state index contributed by atoms with van der Waals surface area (Å²) in [5.74, 6) is 0. The molecular weight excluding hydrogens is 276 g/mol. The van der Waals surface area contributed by atoms with Crippen LogP contribution >= 0.6 is 11.8 Å². The summed E-state index contributed by atoms with van der Waals surface area (Å²) in [5.41, 5.74) is 1.39. The van der Waals surface area contributed by atoms with Crippen molar-refractivity contribution in [3.63, 3.8) is 0 Å². The Morgan fingerprint density at radius 3 is 2.71 bits per heavy atom. The second kappa shape index (κ2) is 8.82. The van der Waals surface area contributed by atoms with Crippen molar-refractivity contribution < 1.29 is 0 Å². The van der Waals surface area contributed by atoms with Gasteiger partial charge in [-0.05, 0) is 76.7 Å². The molecule has 0 spiro atoms. The van der Waals surface area contributed by atoms with Crippen molar-refractivity contribution in [2.75, 3.05) is 25.9 Å². The van der Waals surface area contributed by atoms with Gasteiger partial charge in [-0.15, -0.1) is 11.8 Å². The zero-order valence-corrected chi connectivity index (χ0v) is 14.6. The molecule has 2 nitrogen and oxygen atoms in total. The van der Waals surface area contributed by atoms with Crippen molar-refractivity contribution in [2.24, 2.45) is 0 Å². The molecule has 2 unspecified atom stereocenters. The van der Waals surface area contributed by atoms with E-state index in [-0.39, 0.29) is 0 Å². The molecule has 1 heterocycles. The first kappa shape index (κ1) is 16.9. The Kier molecular flexibility index (Phi) is 7.08. The first-order valence-corrected chi connectivity index (χ1v) is 9.54. The van der Waals surface area contributed by atoms with Crippen LogP contribution in [-0.2, 0) is 0 Å². The standard InChI is InChI=1S/C18H30N2S/c1-15-7-4-5-13-20(15)14-6-12-19-16(2)17-8-10-18(21-3)11-9-17/h8-11,15-16,19H,4-7,12-14H2,1-3H3. The molecule has 0 radical (unpaired) electrons. The van der Waals surface area contributed by atoms with Gasteiger partial charge in [-0.3, -0.25) is 0 Å². The minimum atomic E-state index is 0.444. The quantitative estimate of drug-likeness (QED) is 0.596. The van der Waals surface area contributed by atoms with Gasteiger partial charge in [0.15, 0.2) is 0 Å². The van der Waals surface area contributed by atoms with E-state index in [0.717, 1.165) is 12.6 Å². The zero-order chi connectivity index (χ0) is 15.1. The average Bonchev–Trinajstić information content (AvgIpc) is 2.53. The van der Waals surface area contributed by atoms with Crippen LogP contribution < -0.4 is 5.32 Å². The fourth-order valence-corrected chi connectivity index (χ4v) is 3.51. The molecule has 1 aliphatic rings. The molecule has 0 aliphatic carbocycles. The third-order valence-corrected chi connectivity index (χ3v) is 5.37. The molecule has 1 saturated heterocycles. The van der Waals surface area contributed by atoms with Gasteiger partial charge in [0, 0.05) is 17.0 Å². The van der Waals surface area contributed by atoms with Crippen molar-refractivity contribution in [3.05, 3.63) is 29.8 Å². The van der Waals surface area contributed by atoms with E-state index in [2.05, 4.69) is 54.6 Å². The molecule has 1 N–H and O–H groups in total. The highest BCUT2D eigenvalue weighted by atomic mass is 32.2. The molecule has 0 amide bonds. The van der Waals surface area contributed by atoms with Gasteiger partial charge in [0.2, 0.25) is 0 Å². The topological polar surface area (TPSA) is 15.3 Å². The maximum Gasteiger partial charge on any atom is 0.0291 e. The fraction of sp³-hybridized carbons (Fsp3) is 0.667. The Morgan fingerprint density at radius 1 is 1.29 bits per heavy atom. The van der Waals surface area contributed by atoms with Crippen LogP contribution in [0.5, 0.6) is 0 Å². The van der Waals surface area contributed by atoms with Crippen LogP contribution in [0.3, 0.4) is 0 Å². The smallest absolute Gasteiger partial charge is 0.0291 e. The molecule has 118 valence electrons. The van der Waals surface area contributed by atoms with Gasteiger partial charge in [-0.25, -0.2) is 0 Å². The van der Waals surface area contributed by atoms with E-state index in [0.29, 0.717) is 6.04 Å². The predicted molar refractivity (Wildman–Crippen MR) is 94.1 cm³/mol. The van der Waals surface area contributed by atoms with E-state index in [9.17, 15) is 0 Å². The van der Waals surface area contributed by atoms with Gasteiger partial charge in [0.05, 0.1) is 0 Å². The van der Waals surface area contributed by atoms with E-state index < -0.39 is 0 Å². The lowest BCUT2D eigenvalue weighted by atomic mass is 10.0. The Morgan fingerprint density at radius 2 is 2.05 bits per heavy atom. The fourth-order valence-electron chi connectivity index (χ4n) is 3.10. The molecule has 2 rings (SSSR count). The normalized spacial score (nSPS) is 21.4. The van der Waals surface area contributed by atoms with E-state index in [4.69, 9.17) is 0 Å². The van der Waals surface area contributed by atoms with Crippen molar-refractivity contribution in [1.82, 2.24) is 10.2 Å². The predicted octanol–water partition coefficient (Wildman–Crippen LogP) is 4.32. The first-order valence-electron chi connectivity index (χ1n) is 8.32. The monoisotopic (exact) mass is 306 g/mol. The maximum atomic E-state index is 3.66. The molecule has 1 aromatic carbocycles. The van der Waals surface area contributed by atoms with Crippen LogP contribution in [0.1, 0.15) is 51.1 Å². The van der Waals surface area contributed by atoms with E-state index in [1.807, 2.05) is 0 Å². The first-order chi connectivity index (χ1) is 10.2. The number of nitrogens with zero attached hydrogens (tertiary/aromatic N) is 1. The highest BCUT2D eigenvalue weighted by Crippen LogP contribution is 2.19. The number of likely N-dealkylation sites (tertiary alicyclic amines) is 1. The second-order valence-corrected chi connectivity index (χ2v) is 7.06. The van der Waals surface area contributed by atoms with Gasteiger partial charge in [0.1, 0.15) is 0 Å². The molecule has 0 aromatic heterocycles. The molecule has 1 fully saturated rings. The second-order valence-electron chi connectivity index (χ2n) is 6.18. The summed E-state index contributed by atoms with van der Waals surface area (Å²) in [6, 6.07) is 10.2. The molecule has 0 saturated carbocycles. The van der Waals surface area contributed by atoms with Gasteiger partial charge < -0.3 is 10.2 Å². The minimum Gasteiger partial charge on any atom is -0.310 e. The SMILES string of the molecule is CSc1ccc(C(C)NCCCN2CCCCC2C)cc1. The van der Waals surface area contributed by atoms with E-state index in [1.54, 1.807) is 11.8 Å². The number of benzene rings is 1. The Bertz CT molecular complexity index is 404. The summed E-state index contributed by atoms with van der Waals surface area (Å²) in [4.78, 5) is 3.99. The lowest BCUT2D eigenvalue weighted by Crippen LogP contribution is -2.39. The third kappa shape index (κ3) is 5.32. The molecule has 21 heavy (non-hydrogen) atoms. The number of rotatable bonds is 7. The number of hydrogen-bond donors (Lipinski definition) is 1. The van der Waals surface area contributed by atoms with Gasteiger partial charge >= 0.3 is 0 Å². The number of nitrogens with one attached hydrogen (secondary N) is 1. The van der Waals surface area contributed by atoms with Crippen molar-refractivity contribution >= 4 is 11.8 Å². The molecule has 1 aliphatic heterocycles. The summed E-state index contributed by atoms with van der Waals surface area (Å²) < 4.78 is 0. The van der Waals surface area contributed by atoms with Crippen molar-refractivity contribution in [2.45, 2.75) is 56.5 Å². The highest BCUT2D eigenvalue weighted by molar-refractivity contribution is 7.98. The number of thioether (sulfide) groups is 1. The van der Waals surface area contributed by atoms with Crippen LogP contribution in [-0.4, -0.2) is 36.8 Å². The molecule has 1 aromatic rings. The van der Waals surface area contributed by atoms with Crippen LogP contribution in [0.4, 0.5) is 0 Å². The number of piperidine rings is 1. The summed E-state index contributed by atoms with van der Waals surface area (Å²) >= 11 is 1.80. The zero-order valence-electron chi connectivity index (χ0n) is 13.8. The highest BCUT2D eigenvalue weighted by Gasteiger charge is 2.17. The molecule has 3 heteroatoms. The van der Waals surface area contributed by atoms with Gasteiger partial charge in [-0.1, -0.05) is 18.6 Å². The van der Waals surface area contributed by atoms with Gasteiger partial charge in [-0.2, -0.15) is 0 Å².